The fraction of sp³-hybridized carbons (Fsp3) is 0.242. The number of nitrogens with zero attached hydrogens (tertiary/aromatic N) is 3. The van der Waals surface area contributed by atoms with Crippen LogP contribution in [0.3, 0.4) is 0 Å². The molecule has 0 bridgehead atoms. The number of amides is 1. The van der Waals surface area contributed by atoms with Crippen LogP contribution in [0.5, 0.6) is 11.5 Å². The van der Waals surface area contributed by atoms with Gasteiger partial charge in [-0.15, -0.1) is 0 Å². The summed E-state index contributed by atoms with van der Waals surface area (Å²) in [6.07, 6.45) is 5.28. The van der Waals surface area contributed by atoms with Crippen molar-refractivity contribution in [1.82, 2.24) is 9.88 Å². The summed E-state index contributed by atoms with van der Waals surface area (Å²) in [7, 11) is 3.83. The lowest BCUT2D eigenvalue weighted by atomic mass is 10.1. The predicted molar refractivity (Wildman–Crippen MR) is 168 cm³/mol. The molecule has 1 saturated heterocycles. The molecule has 1 aliphatic heterocycles. The summed E-state index contributed by atoms with van der Waals surface area (Å²) in [5.41, 5.74) is 3.03. The van der Waals surface area contributed by atoms with Gasteiger partial charge in [0.1, 0.15) is 36.1 Å². The van der Waals surface area contributed by atoms with Crippen LogP contribution >= 0.6 is 11.6 Å². The Bertz CT molecular complexity index is 1730. The fourth-order valence-corrected chi connectivity index (χ4v) is 4.83. The van der Waals surface area contributed by atoms with Crippen LogP contribution in [-0.2, 0) is 16.1 Å². The third-order valence-corrected chi connectivity index (χ3v) is 7.05. The molecule has 1 unspecified atom stereocenters. The fourth-order valence-electron chi connectivity index (χ4n) is 4.59. The van der Waals surface area contributed by atoms with Crippen LogP contribution < -0.4 is 20.1 Å². The number of fused-ring (bicyclic) bond motifs is 1. The number of rotatable bonds is 11. The molecular formula is C33H31ClFN5O4. The number of pyridine rings is 1. The minimum atomic E-state index is -0.343. The first-order valence-corrected chi connectivity index (χ1v) is 14.3. The standard InChI is InChI=1S/C33H31ClFN5O4/c1-40(2)11-4-7-32(41)39-29-15-26-28(16-31(29)44-25-10-12-42-20-25)37-18-22(17-36)33(26)38-24-8-9-30(27(34)14-24)43-19-21-5-3-6-23(35)13-21/h3-9,13-16,18,25H,10-12,19-20H2,1-2H3,(H,37,38)(H,39,41). The van der Waals surface area contributed by atoms with Crippen LogP contribution in [0.25, 0.3) is 10.9 Å². The highest BCUT2D eigenvalue weighted by atomic mass is 35.5. The zero-order valence-electron chi connectivity index (χ0n) is 24.3. The molecule has 0 radical (unpaired) electrons. The van der Waals surface area contributed by atoms with Crippen LogP contribution in [0.4, 0.5) is 21.5 Å². The first kappa shape index (κ1) is 30.8. The van der Waals surface area contributed by atoms with Crippen molar-refractivity contribution in [3.63, 3.8) is 0 Å². The van der Waals surface area contributed by atoms with Crippen LogP contribution in [0.15, 0.2) is 72.9 Å². The van der Waals surface area contributed by atoms with Crippen LogP contribution in [-0.4, -0.2) is 55.7 Å². The van der Waals surface area contributed by atoms with E-state index in [0.717, 1.165) is 6.42 Å². The molecular weight excluding hydrogens is 585 g/mol. The van der Waals surface area contributed by atoms with E-state index < -0.39 is 0 Å². The molecule has 0 aliphatic carbocycles. The summed E-state index contributed by atoms with van der Waals surface area (Å²) in [6.45, 7) is 1.80. The number of hydrogen-bond acceptors (Lipinski definition) is 8. The zero-order valence-corrected chi connectivity index (χ0v) is 25.0. The first-order chi connectivity index (χ1) is 21.3. The van der Waals surface area contributed by atoms with E-state index in [2.05, 4.69) is 21.7 Å². The summed E-state index contributed by atoms with van der Waals surface area (Å²) >= 11 is 6.53. The maximum atomic E-state index is 13.5. The third kappa shape index (κ3) is 7.82. The van der Waals surface area contributed by atoms with Gasteiger partial charge in [-0.05, 0) is 56.1 Å². The lowest BCUT2D eigenvalue weighted by Gasteiger charge is -2.19. The lowest BCUT2D eigenvalue weighted by Crippen LogP contribution is -2.18. The molecule has 1 amide bonds. The SMILES string of the molecule is CN(C)CC=CC(=O)Nc1cc2c(Nc3ccc(OCc4cccc(F)c4)c(Cl)c3)c(C#N)cnc2cc1OC1CCOC1. The Hall–Kier alpha value is -4.69. The maximum Gasteiger partial charge on any atom is 0.248 e. The van der Waals surface area contributed by atoms with Crippen molar-refractivity contribution >= 4 is 45.5 Å². The van der Waals surface area contributed by atoms with Gasteiger partial charge in [0.15, 0.2) is 0 Å². The number of likely N-dealkylation sites (N-methyl/N-ethyl adjacent to an activating group) is 1. The third-order valence-electron chi connectivity index (χ3n) is 6.75. The van der Waals surface area contributed by atoms with E-state index in [1.54, 1.807) is 48.5 Å². The number of aromatic nitrogens is 1. The molecule has 1 aliphatic rings. The molecule has 1 fully saturated rings. The number of anilines is 3. The van der Waals surface area contributed by atoms with Gasteiger partial charge in [-0.2, -0.15) is 5.26 Å². The number of ether oxygens (including phenoxy) is 3. The van der Waals surface area contributed by atoms with E-state index >= 15 is 0 Å². The molecule has 11 heteroatoms. The molecule has 2 N–H and O–H groups in total. The number of carbonyl (C=O) groups is 1. The quantitative estimate of drug-likeness (QED) is 0.185. The molecule has 44 heavy (non-hydrogen) atoms. The molecule has 0 saturated carbocycles. The van der Waals surface area contributed by atoms with E-state index in [1.165, 1.54) is 24.4 Å². The number of nitrogens with one attached hydrogen (secondary N) is 2. The van der Waals surface area contributed by atoms with Gasteiger partial charge in [0, 0.05) is 42.4 Å². The van der Waals surface area contributed by atoms with E-state index in [0.29, 0.717) is 75.4 Å². The largest absolute Gasteiger partial charge is 0.487 e. The zero-order chi connectivity index (χ0) is 31.1. The smallest absolute Gasteiger partial charge is 0.248 e. The predicted octanol–water partition coefficient (Wildman–Crippen LogP) is 6.45. The van der Waals surface area contributed by atoms with Crippen molar-refractivity contribution in [2.75, 3.05) is 44.5 Å². The highest BCUT2D eigenvalue weighted by Gasteiger charge is 2.21. The monoisotopic (exact) mass is 615 g/mol. The van der Waals surface area contributed by atoms with Crippen LogP contribution in [0.1, 0.15) is 17.5 Å². The molecule has 1 atom stereocenters. The molecule has 226 valence electrons. The Labute approximate surface area is 259 Å². The van der Waals surface area contributed by atoms with Crippen molar-refractivity contribution in [1.29, 1.82) is 5.26 Å². The number of carbonyl (C=O) groups excluding carboxylic acids is 1. The second kappa shape index (κ2) is 14.2. The van der Waals surface area contributed by atoms with E-state index in [-0.39, 0.29) is 24.4 Å². The number of halogens is 2. The van der Waals surface area contributed by atoms with Gasteiger partial charge < -0.3 is 29.7 Å². The minimum absolute atomic E-state index is 0.147. The Morgan fingerprint density at radius 2 is 2.09 bits per heavy atom. The number of nitriles is 1. The molecule has 1 aromatic heterocycles. The van der Waals surface area contributed by atoms with Gasteiger partial charge in [0.05, 0.1) is 40.7 Å². The summed E-state index contributed by atoms with van der Waals surface area (Å²) < 4.78 is 31.0. The van der Waals surface area contributed by atoms with Crippen molar-refractivity contribution in [3.8, 4) is 17.6 Å². The van der Waals surface area contributed by atoms with Gasteiger partial charge in [-0.3, -0.25) is 9.78 Å². The highest BCUT2D eigenvalue weighted by Crippen LogP contribution is 2.38. The number of hydrogen-bond donors (Lipinski definition) is 2. The number of benzene rings is 3. The Kier molecular flexibility index (Phi) is 9.92. The first-order valence-electron chi connectivity index (χ1n) is 14.0. The minimum Gasteiger partial charge on any atom is -0.487 e. The van der Waals surface area contributed by atoms with Crippen molar-refractivity contribution in [3.05, 3.63) is 94.9 Å². The summed E-state index contributed by atoms with van der Waals surface area (Å²) in [5, 5.41) is 17.1. The van der Waals surface area contributed by atoms with Gasteiger partial charge >= 0.3 is 0 Å². The van der Waals surface area contributed by atoms with E-state index in [4.69, 9.17) is 25.8 Å². The second-order valence-electron chi connectivity index (χ2n) is 10.5. The molecule has 3 aromatic carbocycles. The lowest BCUT2D eigenvalue weighted by molar-refractivity contribution is -0.111. The normalized spacial score (nSPS) is 14.6. The van der Waals surface area contributed by atoms with E-state index in [9.17, 15) is 14.4 Å². The molecule has 4 aromatic rings. The summed E-state index contributed by atoms with van der Waals surface area (Å²) in [5.74, 6) is 0.211. The van der Waals surface area contributed by atoms with Gasteiger partial charge in [-0.1, -0.05) is 29.8 Å². The summed E-state index contributed by atoms with van der Waals surface area (Å²) in [6, 6.07) is 16.9. The van der Waals surface area contributed by atoms with Crippen molar-refractivity contribution < 1.29 is 23.4 Å². The maximum absolute atomic E-state index is 13.5. The highest BCUT2D eigenvalue weighted by molar-refractivity contribution is 6.32. The van der Waals surface area contributed by atoms with Gasteiger partial charge in [0.2, 0.25) is 5.91 Å². The Balaban J connectivity index is 1.45. The average Bonchev–Trinajstić information content (AvgIpc) is 3.50. The second-order valence-corrected chi connectivity index (χ2v) is 10.9. The molecule has 5 rings (SSSR count). The average molecular weight is 616 g/mol. The molecule has 0 spiro atoms. The van der Waals surface area contributed by atoms with Gasteiger partial charge in [0.25, 0.3) is 0 Å². The molecule has 2 heterocycles. The van der Waals surface area contributed by atoms with Crippen LogP contribution in [0.2, 0.25) is 5.02 Å². The topological polar surface area (TPSA) is 109 Å². The summed E-state index contributed by atoms with van der Waals surface area (Å²) in [4.78, 5) is 19.3. The van der Waals surface area contributed by atoms with Crippen molar-refractivity contribution in [2.45, 2.75) is 19.1 Å². The molecule has 9 nitrogen and oxygen atoms in total. The van der Waals surface area contributed by atoms with Gasteiger partial charge in [-0.25, -0.2) is 4.39 Å². The Morgan fingerprint density at radius 1 is 1.23 bits per heavy atom. The Morgan fingerprint density at radius 3 is 2.82 bits per heavy atom. The van der Waals surface area contributed by atoms with E-state index in [1.807, 2.05) is 19.0 Å². The van der Waals surface area contributed by atoms with Crippen molar-refractivity contribution in [2.24, 2.45) is 0 Å². The van der Waals surface area contributed by atoms with Crippen LogP contribution in [0, 0.1) is 17.1 Å².